The fraction of sp³-hybridized carbons (Fsp3) is 0.533. The van der Waals surface area contributed by atoms with Crippen LogP contribution in [0.4, 0.5) is 5.69 Å². The predicted molar refractivity (Wildman–Crippen MR) is 73.0 cm³/mol. The number of rotatable bonds is 5. The lowest BCUT2D eigenvalue weighted by molar-refractivity contribution is -0.139. The normalized spacial score (nSPS) is 14.3. The van der Waals surface area contributed by atoms with Crippen molar-refractivity contribution in [2.75, 3.05) is 11.9 Å². The van der Waals surface area contributed by atoms with Gasteiger partial charge in [-0.2, -0.15) is 0 Å². The predicted octanol–water partition coefficient (Wildman–Crippen LogP) is 3.09. The number of carboxylic acid groups (broad SMARTS) is 1. The highest BCUT2D eigenvalue weighted by atomic mass is 16.4. The van der Waals surface area contributed by atoms with Crippen LogP contribution in [0.3, 0.4) is 0 Å². The third kappa shape index (κ3) is 3.25. The smallest absolute Gasteiger partial charge is 0.303 e. The monoisotopic (exact) mass is 247 g/mol. The molecule has 3 nitrogen and oxygen atoms in total. The second kappa shape index (κ2) is 5.01. The molecule has 0 unspecified atom stereocenters. The van der Waals surface area contributed by atoms with E-state index < -0.39 is 5.97 Å². The second-order valence-electron chi connectivity index (χ2n) is 5.93. The van der Waals surface area contributed by atoms with Gasteiger partial charge in [-0.1, -0.05) is 19.9 Å². The van der Waals surface area contributed by atoms with E-state index in [1.165, 1.54) is 30.4 Å². The van der Waals surface area contributed by atoms with Crippen LogP contribution in [0.25, 0.3) is 0 Å². The van der Waals surface area contributed by atoms with E-state index >= 15 is 0 Å². The van der Waals surface area contributed by atoms with Crippen LogP contribution in [-0.2, 0) is 17.6 Å². The van der Waals surface area contributed by atoms with Gasteiger partial charge in [0.25, 0.3) is 0 Å². The molecular formula is C15H21NO2. The molecule has 1 aliphatic rings. The fourth-order valence-electron chi connectivity index (χ4n) is 2.50. The molecule has 1 aromatic carbocycles. The number of benzene rings is 1. The van der Waals surface area contributed by atoms with E-state index in [1.807, 2.05) is 13.8 Å². The highest BCUT2D eigenvalue weighted by Gasteiger charge is 2.21. The minimum Gasteiger partial charge on any atom is -0.481 e. The molecule has 0 saturated heterocycles. The number of hydrogen-bond donors (Lipinski definition) is 2. The van der Waals surface area contributed by atoms with E-state index in [0.717, 1.165) is 5.69 Å². The highest BCUT2D eigenvalue weighted by molar-refractivity contribution is 5.67. The molecule has 0 spiro atoms. The van der Waals surface area contributed by atoms with Crippen LogP contribution in [0.5, 0.6) is 0 Å². The van der Waals surface area contributed by atoms with Crippen molar-refractivity contribution < 1.29 is 9.90 Å². The third-order valence-electron chi connectivity index (χ3n) is 3.50. The fourth-order valence-corrected chi connectivity index (χ4v) is 2.50. The van der Waals surface area contributed by atoms with Crippen LogP contribution in [0.15, 0.2) is 18.2 Å². The minimum atomic E-state index is -0.740. The molecule has 0 fully saturated rings. The van der Waals surface area contributed by atoms with E-state index in [4.69, 9.17) is 5.11 Å². The lowest BCUT2D eigenvalue weighted by atomic mass is 9.89. The number of hydrogen-bond acceptors (Lipinski definition) is 2. The highest BCUT2D eigenvalue weighted by Crippen LogP contribution is 2.26. The quantitative estimate of drug-likeness (QED) is 0.840. The summed E-state index contributed by atoms with van der Waals surface area (Å²) in [4.78, 5) is 10.8. The number of fused-ring (bicyclic) bond motifs is 1. The Labute approximate surface area is 108 Å². The maximum atomic E-state index is 10.8. The number of anilines is 1. The summed E-state index contributed by atoms with van der Waals surface area (Å²) in [7, 11) is 0. The Balaban J connectivity index is 1.96. The number of aliphatic carboxylic acids is 1. The zero-order chi connectivity index (χ0) is 13.2. The van der Waals surface area contributed by atoms with E-state index in [1.54, 1.807) is 0 Å². The van der Waals surface area contributed by atoms with Crippen LogP contribution in [0.2, 0.25) is 0 Å². The Morgan fingerprint density at radius 3 is 2.78 bits per heavy atom. The lowest BCUT2D eigenvalue weighted by Gasteiger charge is -2.23. The Morgan fingerprint density at radius 2 is 2.06 bits per heavy atom. The molecule has 0 saturated carbocycles. The van der Waals surface area contributed by atoms with Gasteiger partial charge in [-0.3, -0.25) is 4.79 Å². The van der Waals surface area contributed by atoms with Crippen LogP contribution in [-0.4, -0.2) is 17.6 Å². The van der Waals surface area contributed by atoms with Gasteiger partial charge in [-0.25, -0.2) is 0 Å². The zero-order valence-electron chi connectivity index (χ0n) is 11.1. The summed E-state index contributed by atoms with van der Waals surface area (Å²) >= 11 is 0. The van der Waals surface area contributed by atoms with Crippen molar-refractivity contribution >= 4 is 11.7 Å². The van der Waals surface area contributed by atoms with Crippen LogP contribution in [0, 0.1) is 5.41 Å². The van der Waals surface area contributed by atoms with Crippen LogP contribution < -0.4 is 5.32 Å². The first-order chi connectivity index (χ1) is 8.46. The number of carboxylic acids is 1. The molecule has 0 bridgehead atoms. The Bertz CT molecular complexity index is 452. The number of carbonyl (C=O) groups is 1. The van der Waals surface area contributed by atoms with Crippen LogP contribution >= 0.6 is 0 Å². The standard InChI is InChI=1S/C15H21NO2/c1-15(2,9-14(17)18)10-16-13-7-6-11-4-3-5-12(11)8-13/h6-8,16H,3-5,9-10H2,1-2H3,(H,17,18). The maximum Gasteiger partial charge on any atom is 0.303 e. The summed E-state index contributed by atoms with van der Waals surface area (Å²) in [6.07, 6.45) is 3.80. The number of nitrogens with one attached hydrogen (secondary N) is 1. The molecular weight excluding hydrogens is 226 g/mol. The van der Waals surface area contributed by atoms with Crippen molar-refractivity contribution in [2.45, 2.75) is 39.5 Å². The molecule has 2 N–H and O–H groups in total. The van der Waals surface area contributed by atoms with Gasteiger partial charge in [-0.05, 0) is 47.9 Å². The van der Waals surface area contributed by atoms with Crippen LogP contribution in [0.1, 0.15) is 37.8 Å². The SMILES string of the molecule is CC(C)(CNc1ccc2c(c1)CCC2)CC(=O)O. The molecule has 0 aromatic heterocycles. The van der Waals surface area contributed by atoms with E-state index in [-0.39, 0.29) is 11.8 Å². The molecule has 0 aliphatic heterocycles. The molecule has 0 radical (unpaired) electrons. The average Bonchev–Trinajstić information content (AvgIpc) is 2.71. The van der Waals surface area contributed by atoms with Crippen molar-refractivity contribution in [1.29, 1.82) is 0 Å². The molecule has 0 amide bonds. The first-order valence-corrected chi connectivity index (χ1v) is 6.54. The summed E-state index contributed by atoms with van der Waals surface area (Å²) in [5.74, 6) is -0.740. The van der Waals surface area contributed by atoms with E-state index in [0.29, 0.717) is 6.54 Å². The van der Waals surface area contributed by atoms with Gasteiger partial charge in [0.2, 0.25) is 0 Å². The van der Waals surface area contributed by atoms with E-state index in [9.17, 15) is 4.79 Å². The Kier molecular flexibility index (Phi) is 3.60. The molecule has 1 aromatic rings. The first-order valence-electron chi connectivity index (χ1n) is 6.54. The Morgan fingerprint density at radius 1 is 1.33 bits per heavy atom. The van der Waals surface area contributed by atoms with Crippen molar-refractivity contribution in [2.24, 2.45) is 5.41 Å². The molecule has 18 heavy (non-hydrogen) atoms. The summed E-state index contributed by atoms with van der Waals surface area (Å²) < 4.78 is 0. The molecule has 2 rings (SSSR count). The first kappa shape index (κ1) is 12.9. The van der Waals surface area contributed by atoms with Crippen molar-refractivity contribution in [3.63, 3.8) is 0 Å². The summed E-state index contributed by atoms with van der Waals surface area (Å²) in [6.45, 7) is 4.63. The van der Waals surface area contributed by atoms with Gasteiger partial charge in [0.1, 0.15) is 0 Å². The zero-order valence-corrected chi connectivity index (χ0v) is 11.1. The van der Waals surface area contributed by atoms with E-state index in [2.05, 4.69) is 23.5 Å². The minimum absolute atomic E-state index is 0.185. The third-order valence-corrected chi connectivity index (χ3v) is 3.50. The molecule has 1 aliphatic carbocycles. The molecule has 0 atom stereocenters. The molecule has 0 heterocycles. The van der Waals surface area contributed by atoms with Crippen molar-refractivity contribution in [3.8, 4) is 0 Å². The van der Waals surface area contributed by atoms with Gasteiger partial charge in [0.15, 0.2) is 0 Å². The molecule has 3 heteroatoms. The van der Waals surface area contributed by atoms with Gasteiger partial charge >= 0.3 is 5.97 Å². The Hall–Kier alpha value is -1.51. The summed E-state index contributed by atoms with van der Waals surface area (Å²) in [5.41, 5.74) is 3.78. The van der Waals surface area contributed by atoms with Gasteiger partial charge in [0, 0.05) is 12.2 Å². The van der Waals surface area contributed by atoms with Crippen molar-refractivity contribution in [1.82, 2.24) is 0 Å². The lowest BCUT2D eigenvalue weighted by Crippen LogP contribution is -2.26. The van der Waals surface area contributed by atoms with Gasteiger partial charge < -0.3 is 10.4 Å². The molecule has 98 valence electrons. The van der Waals surface area contributed by atoms with Gasteiger partial charge in [-0.15, -0.1) is 0 Å². The maximum absolute atomic E-state index is 10.8. The second-order valence-corrected chi connectivity index (χ2v) is 5.93. The average molecular weight is 247 g/mol. The van der Waals surface area contributed by atoms with Gasteiger partial charge in [0.05, 0.1) is 6.42 Å². The topological polar surface area (TPSA) is 49.3 Å². The summed E-state index contributed by atoms with van der Waals surface area (Å²) in [6, 6.07) is 6.50. The van der Waals surface area contributed by atoms with Crippen molar-refractivity contribution in [3.05, 3.63) is 29.3 Å². The number of aryl methyl sites for hydroxylation is 2. The largest absolute Gasteiger partial charge is 0.481 e. The summed E-state index contributed by atoms with van der Waals surface area (Å²) in [5, 5.41) is 12.2.